The molecular weight excluding hydrogens is 487 g/mol. The Balaban J connectivity index is 1.54. The van der Waals surface area contributed by atoms with E-state index < -0.39 is 0 Å². The third-order valence-electron chi connectivity index (χ3n) is 6.95. The van der Waals surface area contributed by atoms with Crippen LogP contribution in [0, 0.1) is 5.82 Å². The molecule has 2 aromatic rings. The van der Waals surface area contributed by atoms with Gasteiger partial charge >= 0.3 is 0 Å². The van der Waals surface area contributed by atoms with E-state index in [1.807, 2.05) is 0 Å². The summed E-state index contributed by atoms with van der Waals surface area (Å²) in [6.45, 7) is 4.91. The van der Waals surface area contributed by atoms with E-state index in [-0.39, 0.29) is 17.6 Å². The first-order valence-corrected chi connectivity index (χ1v) is 14.8. The monoisotopic (exact) mass is 526 g/mol. The van der Waals surface area contributed by atoms with Crippen LogP contribution in [0.3, 0.4) is 0 Å². The van der Waals surface area contributed by atoms with Crippen molar-refractivity contribution in [1.29, 1.82) is 0 Å². The van der Waals surface area contributed by atoms with Crippen molar-refractivity contribution in [3.63, 3.8) is 0 Å². The minimum atomic E-state index is -0.253. The Labute approximate surface area is 224 Å². The number of nitrogens with zero attached hydrogens (tertiary/aromatic N) is 4. The first kappa shape index (κ1) is 27.4. The molecular formula is C29H39FN4O2S. The molecule has 0 N–H and O–H groups in total. The van der Waals surface area contributed by atoms with E-state index in [0.29, 0.717) is 17.5 Å². The summed E-state index contributed by atoms with van der Waals surface area (Å²) in [5.74, 6) is 1.19. The smallest absolute Gasteiger partial charge is 0.277 e. The Kier molecular flexibility index (Phi) is 10.2. The van der Waals surface area contributed by atoms with Gasteiger partial charge in [0.2, 0.25) is 6.23 Å². The number of hydrogen-bond acceptors (Lipinski definition) is 6. The Morgan fingerprint density at radius 3 is 2.70 bits per heavy atom. The molecule has 37 heavy (non-hydrogen) atoms. The Bertz CT molecular complexity index is 1150. The van der Waals surface area contributed by atoms with Crippen LogP contribution in [0.2, 0.25) is 0 Å². The second-order valence-corrected chi connectivity index (χ2v) is 10.8. The second kappa shape index (κ2) is 13.8. The van der Waals surface area contributed by atoms with Crippen molar-refractivity contribution < 1.29 is 9.23 Å². The van der Waals surface area contributed by atoms with Crippen molar-refractivity contribution >= 4 is 17.6 Å². The van der Waals surface area contributed by atoms with E-state index in [2.05, 4.69) is 45.7 Å². The fourth-order valence-corrected chi connectivity index (χ4v) is 5.84. The summed E-state index contributed by atoms with van der Waals surface area (Å²) in [6, 6.07) is 6.48. The molecule has 1 aromatic carbocycles. The molecule has 200 valence electrons. The Morgan fingerprint density at radius 1 is 1.11 bits per heavy atom. The zero-order valence-corrected chi connectivity index (χ0v) is 22.9. The minimum absolute atomic E-state index is 0.0968. The molecule has 1 aromatic heterocycles. The van der Waals surface area contributed by atoms with Crippen LogP contribution < -0.4 is 5.56 Å². The van der Waals surface area contributed by atoms with Gasteiger partial charge in [0.15, 0.2) is 11.0 Å². The molecule has 0 radical (unpaired) electrons. The van der Waals surface area contributed by atoms with E-state index in [1.54, 1.807) is 12.1 Å². The number of hydrogen-bond donors (Lipinski definition) is 0. The topological polar surface area (TPSA) is 59.7 Å². The summed E-state index contributed by atoms with van der Waals surface area (Å²) in [5, 5.41) is 5.20. The maximum atomic E-state index is 13.4. The largest absolute Gasteiger partial charge is 0.368 e. The lowest BCUT2D eigenvalue weighted by molar-refractivity contribution is 0.0198. The lowest BCUT2D eigenvalue weighted by Gasteiger charge is -2.24. The van der Waals surface area contributed by atoms with Crippen LogP contribution >= 0.6 is 11.8 Å². The first-order valence-electron chi connectivity index (χ1n) is 13.8. The average molecular weight is 527 g/mol. The van der Waals surface area contributed by atoms with Crippen molar-refractivity contribution in [2.75, 3.05) is 0 Å². The maximum absolute atomic E-state index is 13.4. The Hall–Kier alpha value is -2.61. The molecule has 6 nitrogen and oxygen atoms in total. The van der Waals surface area contributed by atoms with Crippen LogP contribution in [-0.2, 0) is 30.0 Å². The molecule has 2 heterocycles. The van der Waals surface area contributed by atoms with E-state index in [0.717, 1.165) is 67.6 Å². The standard InChI is InChI=1S/C29H39FN4O2S/c1-3-5-7-8-9-14-27-33(19-10-6-4-2)26(32-36-27)20-34-25-13-11-12-24(25)28(35)31-29(34)37-21-22-15-17-23(30)18-16-22/h10,15-19,27H,3-9,11-14,20-21H2,1-2H3/b19-10+. The van der Waals surface area contributed by atoms with Gasteiger partial charge in [-0.2, -0.15) is 4.98 Å². The van der Waals surface area contributed by atoms with Gasteiger partial charge in [0.1, 0.15) is 5.82 Å². The van der Waals surface area contributed by atoms with E-state index in [1.165, 1.54) is 49.6 Å². The first-order chi connectivity index (χ1) is 18.1. The number of unbranched alkanes of at least 4 members (excludes halogenated alkanes) is 5. The number of aromatic nitrogens is 2. The molecule has 8 heteroatoms. The van der Waals surface area contributed by atoms with Crippen LogP contribution in [0.1, 0.15) is 88.5 Å². The van der Waals surface area contributed by atoms with Crippen LogP contribution in [-0.4, -0.2) is 26.5 Å². The number of benzene rings is 1. The van der Waals surface area contributed by atoms with Crippen LogP contribution in [0.15, 0.2) is 51.6 Å². The number of allylic oxidation sites excluding steroid dienone is 1. The van der Waals surface area contributed by atoms with Crippen molar-refractivity contribution in [2.24, 2.45) is 5.16 Å². The zero-order chi connectivity index (χ0) is 26.0. The maximum Gasteiger partial charge on any atom is 0.277 e. The summed E-state index contributed by atoms with van der Waals surface area (Å²) in [5.41, 5.74) is 2.75. The van der Waals surface area contributed by atoms with Gasteiger partial charge in [-0.05, 0) is 49.8 Å². The Morgan fingerprint density at radius 2 is 1.92 bits per heavy atom. The third-order valence-corrected chi connectivity index (χ3v) is 7.99. The summed E-state index contributed by atoms with van der Waals surface area (Å²) >= 11 is 1.51. The van der Waals surface area contributed by atoms with E-state index in [4.69, 9.17) is 4.84 Å². The van der Waals surface area contributed by atoms with Gasteiger partial charge in [-0.1, -0.05) is 81.1 Å². The number of fused-ring (bicyclic) bond motifs is 1. The number of thioether (sulfide) groups is 1. The fourth-order valence-electron chi connectivity index (χ4n) is 4.88. The summed E-state index contributed by atoms with van der Waals surface area (Å²) < 4.78 is 15.5. The SMILES string of the molecule is CCC/C=C/N1C(Cn2c(SCc3ccc(F)cc3)nc(=O)c3c2CCC3)=NOC1CCCCCCC. The highest BCUT2D eigenvalue weighted by Gasteiger charge is 2.30. The fraction of sp³-hybridized carbons (Fsp3) is 0.552. The summed E-state index contributed by atoms with van der Waals surface area (Å²) in [6.07, 6.45) is 15.9. The average Bonchev–Trinajstić information content (AvgIpc) is 3.54. The lowest BCUT2D eigenvalue weighted by Crippen LogP contribution is -2.35. The van der Waals surface area contributed by atoms with Gasteiger partial charge in [0, 0.05) is 29.6 Å². The van der Waals surface area contributed by atoms with Crippen molar-refractivity contribution in [1.82, 2.24) is 14.5 Å². The van der Waals surface area contributed by atoms with E-state index in [9.17, 15) is 9.18 Å². The quantitative estimate of drug-likeness (QED) is 0.154. The van der Waals surface area contributed by atoms with Crippen molar-refractivity contribution in [2.45, 2.75) is 108 Å². The second-order valence-electron chi connectivity index (χ2n) is 9.83. The number of oxime groups is 1. The van der Waals surface area contributed by atoms with Crippen LogP contribution in [0.4, 0.5) is 4.39 Å². The molecule has 1 atom stereocenters. The molecule has 0 saturated carbocycles. The van der Waals surface area contributed by atoms with Gasteiger partial charge < -0.3 is 9.40 Å². The molecule has 0 amide bonds. The highest BCUT2D eigenvalue weighted by atomic mass is 32.2. The predicted molar refractivity (Wildman–Crippen MR) is 148 cm³/mol. The third kappa shape index (κ3) is 7.24. The molecule has 0 bridgehead atoms. The van der Waals surface area contributed by atoms with Gasteiger partial charge in [0.05, 0.1) is 6.54 Å². The highest BCUT2D eigenvalue weighted by molar-refractivity contribution is 7.98. The van der Waals surface area contributed by atoms with E-state index >= 15 is 0 Å². The summed E-state index contributed by atoms with van der Waals surface area (Å²) in [7, 11) is 0. The molecule has 1 aliphatic carbocycles. The molecule has 2 aliphatic rings. The lowest BCUT2D eigenvalue weighted by atomic mass is 10.1. The van der Waals surface area contributed by atoms with Crippen LogP contribution in [0.25, 0.3) is 0 Å². The zero-order valence-electron chi connectivity index (χ0n) is 22.1. The molecule has 0 saturated heterocycles. The van der Waals surface area contributed by atoms with Gasteiger partial charge in [-0.15, -0.1) is 0 Å². The molecule has 1 unspecified atom stereocenters. The predicted octanol–water partition coefficient (Wildman–Crippen LogP) is 6.81. The normalized spacial score (nSPS) is 16.9. The number of amidine groups is 1. The van der Waals surface area contributed by atoms with Crippen molar-refractivity contribution in [3.8, 4) is 0 Å². The highest BCUT2D eigenvalue weighted by Crippen LogP contribution is 2.28. The molecule has 1 aliphatic heterocycles. The number of rotatable bonds is 14. The molecule has 0 fully saturated rings. The molecule has 4 rings (SSSR count). The number of halogens is 1. The summed E-state index contributed by atoms with van der Waals surface area (Å²) in [4.78, 5) is 25.4. The molecule has 0 spiro atoms. The van der Waals surface area contributed by atoms with Crippen molar-refractivity contribution in [3.05, 3.63) is 69.5 Å². The minimum Gasteiger partial charge on any atom is -0.368 e. The van der Waals surface area contributed by atoms with Crippen LogP contribution in [0.5, 0.6) is 0 Å². The van der Waals surface area contributed by atoms with Gasteiger partial charge in [-0.25, -0.2) is 4.39 Å². The van der Waals surface area contributed by atoms with Gasteiger partial charge in [-0.3, -0.25) is 9.69 Å². The van der Waals surface area contributed by atoms with Gasteiger partial charge in [0.25, 0.3) is 5.56 Å².